The van der Waals surface area contributed by atoms with E-state index >= 15 is 0 Å². The van der Waals surface area contributed by atoms with Gasteiger partial charge in [-0.15, -0.1) is 0 Å². The van der Waals surface area contributed by atoms with E-state index in [4.69, 9.17) is 5.73 Å². The summed E-state index contributed by atoms with van der Waals surface area (Å²) in [6.45, 7) is 6.89. The average Bonchev–Trinajstić information content (AvgIpc) is 2.28. The lowest BCUT2D eigenvalue weighted by Crippen LogP contribution is -2.53. The van der Waals surface area contributed by atoms with E-state index in [1.165, 1.54) is 0 Å². The molecule has 1 unspecified atom stereocenters. The van der Waals surface area contributed by atoms with Crippen molar-refractivity contribution in [2.45, 2.75) is 32.7 Å². The largest absolute Gasteiger partial charge is 0.368 e. The molecule has 3 heteroatoms. The van der Waals surface area contributed by atoms with Gasteiger partial charge in [-0.25, -0.2) is 0 Å². The van der Waals surface area contributed by atoms with E-state index in [2.05, 4.69) is 19.2 Å². The van der Waals surface area contributed by atoms with Crippen LogP contribution in [-0.2, 0) is 10.3 Å². The fourth-order valence-electron chi connectivity index (χ4n) is 2.26. The van der Waals surface area contributed by atoms with Crippen LogP contribution in [0.1, 0.15) is 32.8 Å². The Kier molecular flexibility index (Phi) is 4.70. The Bertz CT molecular complexity index is 362. The molecule has 0 bridgehead atoms. The predicted molar refractivity (Wildman–Crippen MR) is 70.4 cm³/mol. The average molecular weight is 234 g/mol. The molecule has 0 heterocycles. The normalized spacial score (nSPS) is 14.6. The van der Waals surface area contributed by atoms with E-state index in [9.17, 15) is 4.79 Å². The van der Waals surface area contributed by atoms with Crippen molar-refractivity contribution in [1.29, 1.82) is 0 Å². The van der Waals surface area contributed by atoms with Crippen molar-refractivity contribution in [2.24, 2.45) is 11.7 Å². The number of amides is 1. The van der Waals surface area contributed by atoms with Crippen LogP contribution >= 0.6 is 0 Å². The molecule has 0 aliphatic heterocycles. The Morgan fingerprint density at radius 3 is 2.35 bits per heavy atom. The van der Waals surface area contributed by atoms with Crippen LogP contribution in [-0.4, -0.2) is 12.5 Å². The highest BCUT2D eigenvalue weighted by Gasteiger charge is 2.37. The molecule has 17 heavy (non-hydrogen) atoms. The summed E-state index contributed by atoms with van der Waals surface area (Å²) in [6, 6.07) is 9.72. The molecular weight excluding hydrogens is 212 g/mol. The van der Waals surface area contributed by atoms with E-state index in [0.29, 0.717) is 18.9 Å². The van der Waals surface area contributed by atoms with Crippen LogP contribution in [0.2, 0.25) is 0 Å². The third-order valence-electron chi connectivity index (χ3n) is 2.88. The van der Waals surface area contributed by atoms with Gasteiger partial charge in [0, 0.05) is 0 Å². The van der Waals surface area contributed by atoms with Crippen LogP contribution in [0, 0.1) is 5.92 Å². The van der Waals surface area contributed by atoms with Gasteiger partial charge in [-0.05, 0) is 24.4 Å². The summed E-state index contributed by atoms with van der Waals surface area (Å²) in [6.07, 6.45) is 0.709. The number of primary amides is 1. The van der Waals surface area contributed by atoms with Crippen LogP contribution in [0.4, 0.5) is 0 Å². The molecule has 94 valence electrons. The van der Waals surface area contributed by atoms with E-state index in [0.717, 1.165) is 5.56 Å². The Labute approximate surface area is 103 Å². The number of rotatable bonds is 6. The van der Waals surface area contributed by atoms with Gasteiger partial charge in [0.2, 0.25) is 5.91 Å². The first kappa shape index (κ1) is 13.7. The van der Waals surface area contributed by atoms with Gasteiger partial charge < -0.3 is 5.73 Å². The topological polar surface area (TPSA) is 55.1 Å². The van der Waals surface area contributed by atoms with E-state index in [-0.39, 0.29) is 5.91 Å². The molecule has 1 rings (SSSR count). The first-order chi connectivity index (χ1) is 8.03. The molecule has 0 aliphatic carbocycles. The minimum atomic E-state index is -0.746. The molecule has 0 fully saturated rings. The quantitative estimate of drug-likeness (QED) is 0.791. The molecule has 0 radical (unpaired) electrons. The number of nitrogens with two attached hydrogens (primary N) is 1. The summed E-state index contributed by atoms with van der Waals surface area (Å²) >= 11 is 0. The molecule has 3 N–H and O–H groups in total. The van der Waals surface area contributed by atoms with Crippen LogP contribution in [0.3, 0.4) is 0 Å². The lowest BCUT2D eigenvalue weighted by molar-refractivity contribution is -0.125. The number of hydrogen-bond donors (Lipinski definition) is 2. The van der Waals surface area contributed by atoms with Crippen molar-refractivity contribution in [1.82, 2.24) is 5.32 Å². The molecule has 1 amide bonds. The summed E-state index contributed by atoms with van der Waals surface area (Å²) < 4.78 is 0. The highest BCUT2D eigenvalue weighted by atomic mass is 16.1. The number of hydrogen-bond acceptors (Lipinski definition) is 2. The highest BCUT2D eigenvalue weighted by Crippen LogP contribution is 2.28. The Morgan fingerprint density at radius 1 is 1.35 bits per heavy atom. The van der Waals surface area contributed by atoms with Crippen LogP contribution < -0.4 is 11.1 Å². The number of carbonyl (C=O) groups is 1. The zero-order valence-corrected chi connectivity index (χ0v) is 10.9. The minimum absolute atomic E-state index is 0.306. The van der Waals surface area contributed by atoms with Crippen molar-refractivity contribution in [3.8, 4) is 0 Å². The second kappa shape index (κ2) is 5.82. The molecule has 3 nitrogen and oxygen atoms in total. The van der Waals surface area contributed by atoms with Crippen LogP contribution in [0.5, 0.6) is 0 Å². The summed E-state index contributed by atoms with van der Waals surface area (Å²) in [5, 5.41) is 3.27. The number of benzene rings is 1. The summed E-state index contributed by atoms with van der Waals surface area (Å²) in [4.78, 5) is 11.9. The van der Waals surface area contributed by atoms with Crippen LogP contribution in [0.15, 0.2) is 30.3 Å². The molecule has 1 aromatic carbocycles. The third kappa shape index (κ3) is 3.07. The van der Waals surface area contributed by atoms with Crippen molar-refractivity contribution in [3.05, 3.63) is 35.9 Å². The van der Waals surface area contributed by atoms with Crippen molar-refractivity contribution in [3.63, 3.8) is 0 Å². The van der Waals surface area contributed by atoms with Gasteiger partial charge in [0.25, 0.3) is 0 Å². The second-order valence-corrected chi connectivity index (χ2v) is 4.76. The van der Waals surface area contributed by atoms with Crippen molar-refractivity contribution >= 4 is 5.91 Å². The first-order valence-corrected chi connectivity index (χ1v) is 6.13. The Balaban J connectivity index is 3.19. The monoisotopic (exact) mass is 234 g/mol. The molecule has 0 saturated heterocycles. The third-order valence-corrected chi connectivity index (χ3v) is 2.88. The maximum absolute atomic E-state index is 11.9. The maximum Gasteiger partial charge on any atom is 0.242 e. The Morgan fingerprint density at radius 2 is 1.94 bits per heavy atom. The van der Waals surface area contributed by atoms with Crippen molar-refractivity contribution in [2.75, 3.05) is 6.54 Å². The number of nitrogens with one attached hydrogen (secondary N) is 1. The van der Waals surface area contributed by atoms with Gasteiger partial charge in [0.05, 0.1) is 0 Å². The Hall–Kier alpha value is -1.35. The SMILES string of the molecule is CCNC(CC(C)C)(C(N)=O)c1ccccc1. The highest BCUT2D eigenvalue weighted by molar-refractivity contribution is 5.86. The fraction of sp³-hybridized carbons (Fsp3) is 0.500. The van der Waals surface area contributed by atoms with Gasteiger partial charge in [-0.2, -0.15) is 0 Å². The molecule has 0 saturated carbocycles. The second-order valence-electron chi connectivity index (χ2n) is 4.76. The van der Waals surface area contributed by atoms with E-state index in [1.54, 1.807) is 0 Å². The van der Waals surface area contributed by atoms with Crippen molar-refractivity contribution < 1.29 is 4.79 Å². The summed E-state index contributed by atoms with van der Waals surface area (Å²) in [5.74, 6) is 0.0843. The van der Waals surface area contributed by atoms with Crippen LogP contribution in [0.25, 0.3) is 0 Å². The van der Waals surface area contributed by atoms with E-state index in [1.807, 2.05) is 37.3 Å². The molecule has 0 aliphatic rings. The summed E-state index contributed by atoms with van der Waals surface area (Å²) in [5.41, 5.74) is 5.84. The fourth-order valence-corrected chi connectivity index (χ4v) is 2.26. The number of carbonyl (C=O) groups excluding carboxylic acids is 1. The summed E-state index contributed by atoms with van der Waals surface area (Å²) in [7, 11) is 0. The molecule has 1 aromatic rings. The molecule has 1 atom stereocenters. The smallest absolute Gasteiger partial charge is 0.242 e. The zero-order valence-electron chi connectivity index (χ0n) is 10.9. The molecule has 0 aromatic heterocycles. The molecule has 0 spiro atoms. The van der Waals surface area contributed by atoms with Gasteiger partial charge >= 0.3 is 0 Å². The molecular formula is C14H22N2O. The van der Waals surface area contributed by atoms with Gasteiger partial charge in [-0.3, -0.25) is 10.1 Å². The lowest BCUT2D eigenvalue weighted by Gasteiger charge is -2.33. The zero-order chi connectivity index (χ0) is 12.9. The van der Waals surface area contributed by atoms with Gasteiger partial charge in [0.1, 0.15) is 5.54 Å². The minimum Gasteiger partial charge on any atom is -0.368 e. The number of likely N-dealkylation sites (N-methyl/N-ethyl adjacent to an activating group) is 1. The maximum atomic E-state index is 11.9. The first-order valence-electron chi connectivity index (χ1n) is 6.13. The van der Waals surface area contributed by atoms with E-state index < -0.39 is 5.54 Å². The predicted octanol–water partition coefficient (Wildman–Crippen LogP) is 2.02. The van der Waals surface area contributed by atoms with Gasteiger partial charge in [-0.1, -0.05) is 51.1 Å². The van der Waals surface area contributed by atoms with Gasteiger partial charge in [0.15, 0.2) is 0 Å². The standard InChI is InChI=1S/C14H22N2O/c1-4-16-14(13(15)17,10-11(2)3)12-8-6-5-7-9-12/h5-9,11,16H,4,10H2,1-3H3,(H2,15,17). The lowest BCUT2D eigenvalue weighted by atomic mass is 9.81.